The van der Waals surface area contributed by atoms with E-state index in [1.165, 1.54) is 23.5 Å². The van der Waals surface area contributed by atoms with E-state index in [1.807, 2.05) is 12.1 Å². The average molecular weight is 437 g/mol. The molecule has 29 heavy (non-hydrogen) atoms. The average Bonchev–Trinajstić information content (AvgIpc) is 3.51. The molecule has 1 aliphatic carbocycles. The van der Waals surface area contributed by atoms with Crippen molar-refractivity contribution in [2.45, 2.75) is 37.0 Å². The van der Waals surface area contributed by atoms with E-state index >= 15 is 0 Å². The first-order valence-corrected chi connectivity index (χ1v) is 11.4. The number of anilines is 1. The van der Waals surface area contributed by atoms with Crippen LogP contribution in [0.2, 0.25) is 5.02 Å². The first-order valence-electron chi connectivity index (χ1n) is 9.54. The zero-order valence-corrected chi connectivity index (χ0v) is 18.3. The van der Waals surface area contributed by atoms with Gasteiger partial charge in [-0.1, -0.05) is 37.6 Å². The Hall–Kier alpha value is -2.09. The molecule has 2 aromatic carbocycles. The topological polar surface area (TPSA) is 75.7 Å². The largest absolute Gasteiger partial charge is 0.495 e. The van der Waals surface area contributed by atoms with Crippen molar-refractivity contribution in [2.75, 3.05) is 25.5 Å². The number of nitrogens with zero attached hydrogens (tertiary/aromatic N) is 1. The van der Waals surface area contributed by atoms with E-state index in [0.717, 1.165) is 18.4 Å². The standard InChI is InChI=1S/C21H25ClN2O4S/c1-4-24(5-2)29(26,27)17-10-11-19(28-3)18(14-17)23-20(25)21(12-13-21)15-6-8-16(22)9-7-15/h6-11,14H,4-5,12-13H2,1-3H3,(H,23,25). The Morgan fingerprint density at radius 1 is 1.14 bits per heavy atom. The number of hydrogen-bond donors (Lipinski definition) is 1. The Bertz CT molecular complexity index is 998. The fraction of sp³-hybridized carbons (Fsp3) is 0.381. The summed E-state index contributed by atoms with van der Waals surface area (Å²) in [5.74, 6) is 0.222. The molecule has 1 aliphatic rings. The van der Waals surface area contributed by atoms with Crippen molar-refractivity contribution in [1.29, 1.82) is 0 Å². The van der Waals surface area contributed by atoms with Gasteiger partial charge in [0.15, 0.2) is 0 Å². The maximum Gasteiger partial charge on any atom is 0.243 e. The van der Waals surface area contributed by atoms with Crippen molar-refractivity contribution in [1.82, 2.24) is 4.31 Å². The third-order valence-corrected chi connectivity index (χ3v) is 7.64. The molecule has 156 valence electrons. The molecule has 1 amide bonds. The predicted octanol–water partition coefficient (Wildman–Crippen LogP) is 4.05. The van der Waals surface area contributed by atoms with Crippen molar-refractivity contribution in [2.24, 2.45) is 0 Å². The van der Waals surface area contributed by atoms with Gasteiger partial charge in [-0.3, -0.25) is 4.79 Å². The Balaban J connectivity index is 1.92. The van der Waals surface area contributed by atoms with Crippen LogP contribution < -0.4 is 10.1 Å². The molecule has 1 saturated carbocycles. The monoisotopic (exact) mass is 436 g/mol. The molecule has 0 bridgehead atoms. The second-order valence-corrected chi connectivity index (χ2v) is 9.37. The summed E-state index contributed by atoms with van der Waals surface area (Å²) in [6.45, 7) is 4.31. The summed E-state index contributed by atoms with van der Waals surface area (Å²) >= 11 is 5.96. The van der Waals surface area contributed by atoms with Gasteiger partial charge in [-0.05, 0) is 48.7 Å². The van der Waals surface area contributed by atoms with Crippen LogP contribution >= 0.6 is 11.6 Å². The van der Waals surface area contributed by atoms with Crippen molar-refractivity contribution in [3.8, 4) is 5.75 Å². The Kier molecular flexibility index (Phi) is 6.22. The van der Waals surface area contributed by atoms with Crippen LogP contribution in [-0.2, 0) is 20.2 Å². The molecule has 0 spiro atoms. The molecule has 1 fully saturated rings. The summed E-state index contributed by atoms with van der Waals surface area (Å²) in [7, 11) is -2.17. The summed E-state index contributed by atoms with van der Waals surface area (Å²) in [6, 6.07) is 11.8. The number of sulfonamides is 1. The minimum Gasteiger partial charge on any atom is -0.495 e. The van der Waals surface area contributed by atoms with Crippen molar-refractivity contribution in [3.05, 3.63) is 53.1 Å². The molecule has 0 atom stereocenters. The van der Waals surface area contributed by atoms with E-state index < -0.39 is 15.4 Å². The molecule has 3 rings (SSSR count). The Morgan fingerprint density at radius 2 is 1.76 bits per heavy atom. The minimum absolute atomic E-state index is 0.119. The fourth-order valence-corrected chi connectivity index (χ4v) is 5.05. The number of carbonyl (C=O) groups is 1. The van der Waals surface area contributed by atoms with Crippen LogP contribution in [0.15, 0.2) is 47.4 Å². The van der Waals surface area contributed by atoms with Gasteiger partial charge in [0.05, 0.1) is 23.1 Å². The van der Waals surface area contributed by atoms with Gasteiger partial charge in [-0.2, -0.15) is 4.31 Å². The van der Waals surface area contributed by atoms with Gasteiger partial charge in [0.2, 0.25) is 15.9 Å². The molecule has 6 nitrogen and oxygen atoms in total. The highest BCUT2D eigenvalue weighted by Crippen LogP contribution is 2.49. The quantitative estimate of drug-likeness (QED) is 0.677. The molecular formula is C21H25ClN2O4S. The SMILES string of the molecule is CCN(CC)S(=O)(=O)c1ccc(OC)c(NC(=O)C2(c3ccc(Cl)cc3)CC2)c1. The number of rotatable bonds is 8. The van der Waals surface area contributed by atoms with E-state index in [1.54, 1.807) is 32.0 Å². The van der Waals surface area contributed by atoms with Crippen LogP contribution in [0.4, 0.5) is 5.69 Å². The number of methoxy groups -OCH3 is 1. The molecule has 2 aromatic rings. The lowest BCUT2D eigenvalue weighted by atomic mass is 9.95. The number of ether oxygens (including phenoxy) is 1. The maximum absolute atomic E-state index is 13.1. The van der Waals surface area contributed by atoms with E-state index in [0.29, 0.717) is 29.5 Å². The number of halogens is 1. The van der Waals surface area contributed by atoms with E-state index in [2.05, 4.69) is 5.32 Å². The highest BCUT2D eigenvalue weighted by molar-refractivity contribution is 7.89. The predicted molar refractivity (Wildman–Crippen MR) is 114 cm³/mol. The smallest absolute Gasteiger partial charge is 0.243 e. The van der Waals surface area contributed by atoms with E-state index in [-0.39, 0.29) is 10.8 Å². The van der Waals surface area contributed by atoms with Gasteiger partial charge in [0, 0.05) is 18.1 Å². The van der Waals surface area contributed by atoms with Gasteiger partial charge >= 0.3 is 0 Å². The van der Waals surface area contributed by atoms with Gasteiger partial charge in [0.1, 0.15) is 5.75 Å². The first-order chi connectivity index (χ1) is 13.8. The lowest BCUT2D eigenvalue weighted by Gasteiger charge is -2.21. The number of nitrogens with one attached hydrogen (secondary N) is 1. The summed E-state index contributed by atoms with van der Waals surface area (Å²) in [5.41, 5.74) is 0.611. The van der Waals surface area contributed by atoms with E-state index in [4.69, 9.17) is 16.3 Å². The zero-order valence-electron chi connectivity index (χ0n) is 16.7. The fourth-order valence-electron chi connectivity index (χ4n) is 3.44. The normalized spacial score (nSPS) is 15.2. The second kappa shape index (κ2) is 8.34. The van der Waals surface area contributed by atoms with Crippen molar-refractivity contribution < 1.29 is 17.9 Å². The van der Waals surface area contributed by atoms with Gasteiger partial charge < -0.3 is 10.1 Å². The molecule has 0 aliphatic heterocycles. The summed E-state index contributed by atoms with van der Waals surface area (Å²) in [6.07, 6.45) is 1.44. The van der Waals surface area contributed by atoms with Crippen LogP contribution in [0.5, 0.6) is 5.75 Å². The molecule has 1 N–H and O–H groups in total. The minimum atomic E-state index is -3.65. The number of benzene rings is 2. The summed E-state index contributed by atoms with van der Waals surface area (Å²) < 4.78 is 32.4. The molecule has 0 unspecified atom stereocenters. The second-order valence-electron chi connectivity index (χ2n) is 6.99. The zero-order chi connectivity index (χ0) is 21.2. The van der Waals surface area contributed by atoms with Crippen LogP contribution in [0.25, 0.3) is 0 Å². The third kappa shape index (κ3) is 4.13. The van der Waals surface area contributed by atoms with E-state index in [9.17, 15) is 13.2 Å². The summed E-state index contributed by atoms with van der Waals surface area (Å²) in [4.78, 5) is 13.2. The Morgan fingerprint density at radius 3 is 2.28 bits per heavy atom. The van der Waals surface area contributed by atoms with Crippen LogP contribution in [-0.4, -0.2) is 38.8 Å². The lowest BCUT2D eigenvalue weighted by molar-refractivity contribution is -0.118. The number of carbonyl (C=O) groups excluding carboxylic acids is 1. The number of amides is 1. The summed E-state index contributed by atoms with van der Waals surface area (Å²) in [5, 5.41) is 3.50. The highest BCUT2D eigenvalue weighted by Gasteiger charge is 2.51. The van der Waals surface area contributed by atoms with Gasteiger partial charge in [0.25, 0.3) is 0 Å². The van der Waals surface area contributed by atoms with Gasteiger partial charge in [-0.25, -0.2) is 8.42 Å². The molecule has 0 saturated heterocycles. The highest BCUT2D eigenvalue weighted by atomic mass is 35.5. The van der Waals surface area contributed by atoms with Crippen molar-refractivity contribution >= 4 is 33.2 Å². The molecule has 0 aromatic heterocycles. The van der Waals surface area contributed by atoms with Crippen LogP contribution in [0, 0.1) is 0 Å². The molecule has 0 heterocycles. The molecular weight excluding hydrogens is 412 g/mol. The maximum atomic E-state index is 13.1. The lowest BCUT2D eigenvalue weighted by Crippen LogP contribution is -2.31. The first kappa shape index (κ1) is 21.6. The molecule has 8 heteroatoms. The van der Waals surface area contributed by atoms with Gasteiger partial charge in [-0.15, -0.1) is 0 Å². The Labute approximate surface area is 176 Å². The van der Waals surface area contributed by atoms with Crippen LogP contribution in [0.1, 0.15) is 32.3 Å². The van der Waals surface area contributed by atoms with Crippen molar-refractivity contribution in [3.63, 3.8) is 0 Å². The molecule has 0 radical (unpaired) electrons. The number of hydrogen-bond acceptors (Lipinski definition) is 4. The van der Waals surface area contributed by atoms with Crippen LogP contribution in [0.3, 0.4) is 0 Å². The third-order valence-electron chi connectivity index (χ3n) is 5.34.